The summed E-state index contributed by atoms with van der Waals surface area (Å²) in [5.41, 5.74) is 3.48. The lowest BCUT2D eigenvalue weighted by Gasteiger charge is -2.10. The van der Waals surface area contributed by atoms with Crippen molar-refractivity contribution in [1.82, 2.24) is 20.0 Å². The molecule has 4 rings (SSSR count). The first-order chi connectivity index (χ1) is 13.7. The molecule has 7 nitrogen and oxygen atoms in total. The number of ether oxygens (including phenoxy) is 3. The third kappa shape index (κ3) is 3.22. The topological polar surface area (TPSA) is 71.3 Å². The first-order valence-corrected chi connectivity index (χ1v) is 8.89. The van der Waals surface area contributed by atoms with Crippen molar-refractivity contribution >= 4 is 10.9 Å². The van der Waals surface area contributed by atoms with Gasteiger partial charge in [-0.05, 0) is 25.1 Å². The Kier molecular flexibility index (Phi) is 4.80. The molecule has 0 aliphatic carbocycles. The molecule has 2 aromatic heterocycles. The van der Waals surface area contributed by atoms with Gasteiger partial charge in [0.15, 0.2) is 11.5 Å². The summed E-state index contributed by atoms with van der Waals surface area (Å²) in [5.74, 6) is 2.07. The largest absolute Gasteiger partial charge is 0.494 e. The fraction of sp³-hybridized carbons (Fsp3) is 0.190. The quantitative estimate of drug-likeness (QED) is 0.508. The maximum atomic E-state index is 5.58. The van der Waals surface area contributed by atoms with Gasteiger partial charge in [0, 0.05) is 34.8 Å². The van der Waals surface area contributed by atoms with E-state index in [2.05, 4.69) is 15.3 Å². The molecule has 0 saturated carbocycles. The van der Waals surface area contributed by atoms with Crippen LogP contribution in [0.15, 0.2) is 55.0 Å². The van der Waals surface area contributed by atoms with Crippen LogP contribution in [0.1, 0.15) is 6.92 Å². The van der Waals surface area contributed by atoms with Gasteiger partial charge in [-0.15, -0.1) is 0 Å². The predicted molar refractivity (Wildman–Crippen MR) is 106 cm³/mol. The molecule has 2 heterocycles. The van der Waals surface area contributed by atoms with Crippen molar-refractivity contribution in [2.24, 2.45) is 0 Å². The summed E-state index contributed by atoms with van der Waals surface area (Å²) < 4.78 is 18.2. The fourth-order valence-corrected chi connectivity index (χ4v) is 3.10. The molecule has 0 amide bonds. The minimum Gasteiger partial charge on any atom is -0.494 e. The van der Waals surface area contributed by atoms with E-state index >= 15 is 0 Å². The number of hydrogen-bond acceptors (Lipinski definition) is 6. The SMILES string of the molecule is CCOc1cccc(-n2cc(-c3cnnc4cc(OC)c(OC)cc34)cn2)c1. The lowest BCUT2D eigenvalue weighted by Crippen LogP contribution is -1.96. The van der Waals surface area contributed by atoms with Crippen LogP contribution in [0, 0.1) is 0 Å². The van der Waals surface area contributed by atoms with Crippen molar-refractivity contribution in [2.45, 2.75) is 6.92 Å². The van der Waals surface area contributed by atoms with Gasteiger partial charge in [0.1, 0.15) is 5.75 Å². The second kappa shape index (κ2) is 7.56. The van der Waals surface area contributed by atoms with Gasteiger partial charge in [-0.2, -0.15) is 15.3 Å². The minimum atomic E-state index is 0.616. The van der Waals surface area contributed by atoms with Gasteiger partial charge in [-0.1, -0.05) is 6.07 Å². The average molecular weight is 376 g/mol. The van der Waals surface area contributed by atoms with Gasteiger partial charge < -0.3 is 14.2 Å². The highest BCUT2D eigenvalue weighted by molar-refractivity contribution is 5.95. The maximum Gasteiger partial charge on any atom is 0.162 e. The van der Waals surface area contributed by atoms with Gasteiger partial charge in [-0.25, -0.2) is 4.68 Å². The van der Waals surface area contributed by atoms with Crippen LogP contribution in [0.3, 0.4) is 0 Å². The minimum absolute atomic E-state index is 0.616. The summed E-state index contributed by atoms with van der Waals surface area (Å²) in [6.45, 7) is 2.58. The monoisotopic (exact) mass is 376 g/mol. The first kappa shape index (κ1) is 17.8. The van der Waals surface area contributed by atoms with Crippen molar-refractivity contribution in [3.8, 4) is 34.1 Å². The van der Waals surface area contributed by atoms with E-state index in [1.54, 1.807) is 26.6 Å². The highest BCUT2D eigenvalue weighted by Gasteiger charge is 2.13. The van der Waals surface area contributed by atoms with Crippen LogP contribution in [0.5, 0.6) is 17.2 Å². The van der Waals surface area contributed by atoms with Gasteiger partial charge in [-0.3, -0.25) is 0 Å². The number of fused-ring (bicyclic) bond motifs is 1. The summed E-state index contributed by atoms with van der Waals surface area (Å²) in [4.78, 5) is 0. The molecule has 4 aromatic rings. The van der Waals surface area contributed by atoms with E-state index in [0.717, 1.165) is 33.5 Å². The van der Waals surface area contributed by atoms with Gasteiger partial charge >= 0.3 is 0 Å². The van der Waals surface area contributed by atoms with Crippen LogP contribution in [0.25, 0.3) is 27.7 Å². The number of methoxy groups -OCH3 is 2. The number of rotatable bonds is 6. The number of nitrogens with zero attached hydrogens (tertiary/aromatic N) is 4. The highest BCUT2D eigenvalue weighted by Crippen LogP contribution is 2.35. The Hall–Kier alpha value is -3.61. The molecular weight excluding hydrogens is 356 g/mol. The Morgan fingerprint density at radius 2 is 1.82 bits per heavy atom. The Balaban J connectivity index is 1.78. The normalized spacial score (nSPS) is 10.8. The summed E-state index contributed by atoms with van der Waals surface area (Å²) in [5, 5.41) is 13.8. The van der Waals surface area contributed by atoms with Crippen LogP contribution in [0.4, 0.5) is 0 Å². The Labute approximate surface area is 162 Å². The Morgan fingerprint density at radius 1 is 1.00 bits per heavy atom. The second-order valence-corrected chi connectivity index (χ2v) is 6.09. The first-order valence-electron chi connectivity index (χ1n) is 8.89. The van der Waals surface area contributed by atoms with Crippen LogP contribution in [0.2, 0.25) is 0 Å². The van der Waals surface area contributed by atoms with Crippen molar-refractivity contribution in [3.05, 3.63) is 55.0 Å². The zero-order valence-electron chi connectivity index (χ0n) is 15.9. The van der Waals surface area contributed by atoms with E-state index in [1.165, 1.54) is 0 Å². The maximum absolute atomic E-state index is 5.58. The van der Waals surface area contributed by atoms with E-state index < -0.39 is 0 Å². The summed E-state index contributed by atoms with van der Waals surface area (Å²) in [6.07, 6.45) is 5.49. The van der Waals surface area contributed by atoms with Crippen molar-refractivity contribution < 1.29 is 14.2 Å². The molecule has 0 spiro atoms. The van der Waals surface area contributed by atoms with E-state index in [4.69, 9.17) is 14.2 Å². The molecule has 0 aliphatic rings. The fourth-order valence-electron chi connectivity index (χ4n) is 3.10. The lowest BCUT2D eigenvalue weighted by atomic mass is 10.1. The molecule has 0 atom stereocenters. The zero-order chi connectivity index (χ0) is 19.5. The van der Waals surface area contributed by atoms with Crippen molar-refractivity contribution in [2.75, 3.05) is 20.8 Å². The van der Waals surface area contributed by atoms with Crippen LogP contribution in [-0.2, 0) is 0 Å². The molecule has 28 heavy (non-hydrogen) atoms. The number of aromatic nitrogens is 4. The average Bonchev–Trinajstić information content (AvgIpc) is 3.23. The van der Waals surface area contributed by atoms with Gasteiger partial charge in [0.2, 0.25) is 0 Å². The third-order valence-electron chi connectivity index (χ3n) is 4.43. The van der Waals surface area contributed by atoms with Crippen molar-refractivity contribution in [1.29, 1.82) is 0 Å². The third-order valence-corrected chi connectivity index (χ3v) is 4.43. The van der Waals surface area contributed by atoms with E-state index in [9.17, 15) is 0 Å². The molecular formula is C21H20N4O3. The predicted octanol–water partition coefficient (Wildman–Crippen LogP) is 3.90. The second-order valence-electron chi connectivity index (χ2n) is 6.09. The van der Waals surface area contributed by atoms with Crippen molar-refractivity contribution in [3.63, 3.8) is 0 Å². The van der Waals surface area contributed by atoms with Gasteiger partial charge in [0.25, 0.3) is 0 Å². The molecule has 0 bridgehead atoms. The number of benzene rings is 2. The summed E-state index contributed by atoms with van der Waals surface area (Å²) >= 11 is 0. The molecule has 0 saturated heterocycles. The molecule has 0 fully saturated rings. The molecule has 0 radical (unpaired) electrons. The zero-order valence-corrected chi connectivity index (χ0v) is 15.9. The lowest BCUT2D eigenvalue weighted by molar-refractivity contribution is 0.340. The molecule has 7 heteroatoms. The van der Waals surface area contributed by atoms with Crippen LogP contribution >= 0.6 is 0 Å². The van der Waals surface area contributed by atoms with Gasteiger partial charge in [0.05, 0.1) is 44.4 Å². The van der Waals surface area contributed by atoms with Crippen LogP contribution < -0.4 is 14.2 Å². The molecule has 0 N–H and O–H groups in total. The molecule has 0 aliphatic heterocycles. The molecule has 0 unspecified atom stereocenters. The summed E-state index contributed by atoms with van der Waals surface area (Å²) in [7, 11) is 3.21. The Morgan fingerprint density at radius 3 is 2.61 bits per heavy atom. The van der Waals surface area contributed by atoms with E-state index in [-0.39, 0.29) is 0 Å². The van der Waals surface area contributed by atoms with E-state index in [1.807, 2.05) is 54.2 Å². The summed E-state index contributed by atoms with van der Waals surface area (Å²) in [6, 6.07) is 11.5. The standard InChI is InChI=1S/C21H20N4O3/c1-4-28-16-7-5-6-15(8-16)25-13-14(11-23-25)18-12-22-24-19-10-21(27-3)20(26-2)9-17(18)19/h5-13H,4H2,1-3H3. The molecule has 142 valence electrons. The Bertz CT molecular complexity index is 1120. The molecule has 2 aromatic carbocycles. The number of hydrogen-bond donors (Lipinski definition) is 0. The van der Waals surface area contributed by atoms with Crippen LogP contribution in [-0.4, -0.2) is 40.8 Å². The highest BCUT2D eigenvalue weighted by atomic mass is 16.5. The smallest absolute Gasteiger partial charge is 0.162 e. The van der Waals surface area contributed by atoms with E-state index in [0.29, 0.717) is 18.1 Å².